The van der Waals surface area contributed by atoms with E-state index in [0.29, 0.717) is 6.42 Å². The molecule has 0 atom stereocenters. The first-order valence-electron chi connectivity index (χ1n) is 6.72. The van der Waals surface area contributed by atoms with Gasteiger partial charge in [-0.15, -0.1) is 0 Å². The summed E-state index contributed by atoms with van der Waals surface area (Å²) in [6.07, 6.45) is 6.44. The van der Waals surface area contributed by atoms with Gasteiger partial charge in [-0.2, -0.15) is 0 Å². The number of rotatable bonds is 4. The quantitative estimate of drug-likeness (QED) is 0.857. The number of fused-ring (bicyclic) bond motifs is 1. The molecular weight excluding hydrogens is 308 g/mol. The summed E-state index contributed by atoms with van der Waals surface area (Å²) in [7, 11) is 1.65. The van der Waals surface area contributed by atoms with Crippen LogP contribution in [0.1, 0.15) is 42.4 Å². The molecule has 1 aliphatic carbocycles. The van der Waals surface area contributed by atoms with Crippen molar-refractivity contribution in [3.8, 4) is 5.75 Å². The zero-order chi connectivity index (χ0) is 13.8. The third-order valence-corrected chi connectivity index (χ3v) is 4.30. The molecule has 0 saturated heterocycles. The van der Waals surface area contributed by atoms with Crippen molar-refractivity contribution in [2.45, 2.75) is 44.9 Å². The van der Waals surface area contributed by atoms with E-state index in [-0.39, 0.29) is 6.42 Å². The molecule has 2 rings (SSSR count). The monoisotopic (exact) mass is 326 g/mol. The van der Waals surface area contributed by atoms with Crippen molar-refractivity contribution in [3.63, 3.8) is 0 Å². The fraction of sp³-hybridized carbons (Fsp3) is 0.533. The number of hydrogen-bond acceptors (Lipinski definition) is 2. The Kier molecular flexibility index (Phi) is 4.86. The number of hydrogen-bond donors (Lipinski definition) is 1. The first kappa shape index (κ1) is 14.4. The maximum absolute atomic E-state index is 10.8. The van der Waals surface area contributed by atoms with Gasteiger partial charge in [-0.3, -0.25) is 4.79 Å². The van der Waals surface area contributed by atoms with Crippen molar-refractivity contribution in [1.29, 1.82) is 0 Å². The van der Waals surface area contributed by atoms with Gasteiger partial charge in [0.1, 0.15) is 5.75 Å². The molecule has 0 radical (unpaired) electrons. The van der Waals surface area contributed by atoms with Crippen LogP contribution >= 0.6 is 15.9 Å². The molecule has 0 aliphatic heterocycles. The van der Waals surface area contributed by atoms with Gasteiger partial charge in [0, 0.05) is 6.42 Å². The molecule has 0 amide bonds. The Morgan fingerprint density at radius 1 is 1.37 bits per heavy atom. The van der Waals surface area contributed by atoms with Crippen LogP contribution in [0.2, 0.25) is 0 Å². The van der Waals surface area contributed by atoms with E-state index in [9.17, 15) is 4.79 Å². The van der Waals surface area contributed by atoms with E-state index in [1.807, 2.05) is 0 Å². The lowest BCUT2D eigenvalue weighted by Crippen LogP contribution is -2.06. The predicted octanol–water partition coefficient (Wildman–Crippen LogP) is 3.74. The highest BCUT2D eigenvalue weighted by atomic mass is 79.9. The van der Waals surface area contributed by atoms with Crippen LogP contribution in [0.4, 0.5) is 0 Å². The molecule has 104 valence electrons. The number of aliphatic carboxylic acids is 1. The molecule has 0 bridgehead atoms. The molecule has 1 aromatic carbocycles. The minimum absolute atomic E-state index is 0.152. The maximum atomic E-state index is 10.8. The summed E-state index contributed by atoms with van der Waals surface area (Å²) >= 11 is 3.55. The van der Waals surface area contributed by atoms with Crippen molar-refractivity contribution in [2.24, 2.45) is 0 Å². The summed E-state index contributed by atoms with van der Waals surface area (Å²) < 4.78 is 6.42. The molecule has 0 saturated carbocycles. The molecule has 1 N–H and O–H groups in total. The Hall–Kier alpha value is -1.03. The van der Waals surface area contributed by atoms with Gasteiger partial charge in [-0.1, -0.05) is 6.42 Å². The van der Waals surface area contributed by atoms with Gasteiger partial charge in [0.25, 0.3) is 0 Å². The van der Waals surface area contributed by atoms with Gasteiger partial charge in [-0.05, 0) is 70.8 Å². The highest BCUT2D eigenvalue weighted by Crippen LogP contribution is 2.37. The zero-order valence-corrected chi connectivity index (χ0v) is 12.8. The number of carboxylic acids is 1. The highest BCUT2D eigenvalue weighted by Gasteiger charge is 2.19. The van der Waals surface area contributed by atoms with E-state index >= 15 is 0 Å². The standard InChI is InChI=1S/C15H19BrO3/c1-19-15-12(7-8-14(17)18)11-6-4-2-3-5-10(11)9-13(15)16/h9H,2-8H2,1H3,(H,17,18). The molecule has 1 aliphatic rings. The Morgan fingerprint density at radius 3 is 2.79 bits per heavy atom. The van der Waals surface area contributed by atoms with Crippen LogP contribution in [0.25, 0.3) is 0 Å². The molecule has 0 fully saturated rings. The van der Waals surface area contributed by atoms with E-state index in [1.54, 1.807) is 7.11 Å². The first-order chi connectivity index (χ1) is 9.13. The van der Waals surface area contributed by atoms with E-state index < -0.39 is 5.97 Å². The summed E-state index contributed by atoms with van der Waals surface area (Å²) in [5.41, 5.74) is 3.75. The van der Waals surface area contributed by atoms with Gasteiger partial charge in [0.2, 0.25) is 0 Å². The number of carboxylic acid groups (broad SMARTS) is 1. The normalized spacial score (nSPS) is 14.6. The molecule has 19 heavy (non-hydrogen) atoms. The number of carbonyl (C=O) groups is 1. The minimum Gasteiger partial charge on any atom is -0.495 e. The third kappa shape index (κ3) is 3.30. The van der Waals surface area contributed by atoms with Crippen LogP contribution in [-0.4, -0.2) is 18.2 Å². The molecule has 0 aromatic heterocycles. The van der Waals surface area contributed by atoms with Crippen LogP contribution < -0.4 is 4.74 Å². The van der Waals surface area contributed by atoms with E-state index in [4.69, 9.17) is 9.84 Å². The Labute approximate surface area is 122 Å². The number of methoxy groups -OCH3 is 1. The second-order valence-corrected chi connectivity index (χ2v) is 5.82. The summed E-state index contributed by atoms with van der Waals surface area (Å²) in [4.78, 5) is 10.8. The number of ether oxygens (including phenoxy) is 1. The predicted molar refractivity (Wildman–Crippen MR) is 77.9 cm³/mol. The molecule has 0 heterocycles. The van der Waals surface area contributed by atoms with E-state index in [2.05, 4.69) is 22.0 Å². The lowest BCUT2D eigenvalue weighted by molar-refractivity contribution is -0.136. The zero-order valence-electron chi connectivity index (χ0n) is 11.2. The molecule has 0 unspecified atom stereocenters. The molecule has 0 spiro atoms. The summed E-state index contributed by atoms with van der Waals surface area (Å²) in [5, 5.41) is 8.91. The summed E-state index contributed by atoms with van der Waals surface area (Å²) in [6.45, 7) is 0. The van der Waals surface area contributed by atoms with Crippen LogP contribution in [0.5, 0.6) is 5.75 Å². The summed E-state index contributed by atoms with van der Waals surface area (Å²) in [5.74, 6) is 0.0475. The molecular formula is C15H19BrO3. The third-order valence-electron chi connectivity index (χ3n) is 3.71. The lowest BCUT2D eigenvalue weighted by Gasteiger charge is -2.18. The van der Waals surface area contributed by atoms with Gasteiger partial charge in [0.05, 0.1) is 11.6 Å². The van der Waals surface area contributed by atoms with Gasteiger partial charge in [-0.25, -0.2) is 0 Å². The van der Waals surface area contributed by atoms with Crippen LogP contribution in [0.15, 0.2) is 10.5 Å². The fourth-order valence-corrected chi connectivity index (χ4v) is 3.50. The van der Waals surface area contributed by atoms with Crippen molar-refractivity contribution in [3.05, 3.63) is 27.2 Å². The Bertz CT molecular complexity index is 483. The topological polar surface area (TPSA) is 46.5 Å². The number of halogens is 1. The second-order valence-electron chi connectivity index (χ2n) is 4.96. The smallest absolute Gasteiger partial charge is 0.303 e. The minimum atomic E-state index is -0.760. The van der Waals surface area contributed by atoms with Crippen molar-refractivity contribution < 1.29 is 14.6 Å². The Morgan fingerprint density at radius 2 is 2.11 bits per heavy atom. The first-order valence-corrected chi connectivity index (χ1v) is 7.51. The van der Waals surface area contributed by atoms with E-state index in [0.717, 1.165) is 28.6 Å². The largest absolute Gasteiger partial charge is 0.495 e. The van der Waals surface area contributed by atoms with Crippen LogP contribution in [0.3, 0.4) is 0 Å². The molecule has 4 heteroatoms. The average Bonchev–Trinajstić information content (AvgIpc) is 2.60. The highest BCUT2D eigenvalue weighted by molar-refractivity contribution is 9.10. The number of aryl methyl sites for hydroxylation is 1. The van der Waals surface area contributed by atoms with Crippen molar-refractivity contribution >= 4 is 21.9 Å². The number of benzene rings is 1. The van der Waals surface area contributed by atoms with Gasteiger partial charge < -0.3 is 9.84 Å². The van der Waals surface area contributed by atoms with Crippen LogP contribution in [0, 0.1) is 0 Å². The Balaban J connectivity index is 2.45. The van der Waals surface area contributed by atoms with Gasteiger partial charge >= 0.3 is 5.97 Å². The SMILES string of the molecule is COc1c(Br)cc2c(c1CCC(=O)O)CCCCC2. The fourth-order valence-electron chi connectivity index (χ4n) is 2.83. The second kappa shape index (κ2) is 6.42. The van der Waals surface area contributed by atoms with Crippen molar-refractivity contribution in [2.75, 3.05) is 7.11 Å². The van der Waals surface area contributed by atoms with E-state index in [1.165, 1.54) is 30.4 Å². The summed E-state index contributed by atoms with van der Waals surface area (Å²) in [6, 6.07) is 2.14. The molecule has 3 nitrogen and oxygen atoms in total. The average molecular weight is 327 g/mol. The van der Waals surface area contributed by atoms with Crippen LogP contribution in [-0.2, 0) is 24.1 Å². The van der Waals surface area contributed by atoms with Gasteiger partial charge in [0.15, 0.2) is 0 Å². The maximum Gasteiger partial charge on any atom is 0.303 e. The van der Waals surface area contributed by atoms with Crippen molar-refractivity contribution in [1.82, 2.24) is 0 Å². The lowest BCUT2D eigenvalue weighted by atomic mass is 9.93. The molecule has 1 aromatic rings.